The summed E-state index contributed by atoms with van der Waals surface area (Å²) >= 11 is 0. The van der Waals surface area contributed by atoms with E-state index in [0.29, 0.717) is 12.0 Å². The lowest BCUT2D eigenvalue weighted by molar-refractivity contribution is 0.177. The predicted octanol–water partition coefficient (Wildman–Crippen LogP) is 2.43. The quantitative estimate of drug-likeness (QED) is 0.867. The summed E-state index contributed by atoms with van der Waals surface area (Å²) in [5.74, 6) is 0.508. The molecule has 1 unspecified atom stereocenters. The van der Waals surface area contributed by atoms with Crippen LogP contribution in [0.3, 0.4) is 0 Å². The van der Waals surface area contributed by atoms with Crippen molar-refractivity contribution in [3.63, 3.8) is 0 Å². The van der Waals surface area contributed by atoms with E-state index in [1.54, 1.807) is 12.1 Å². The van der Waals surface area contributed by atoms with Crippen LogP contribution in [0, 0.1) is 11.7 Å². The topological polar surface area (TPSA) is 15.3 Å². The number of hydrogen-bond donors (Lipinski definition) is 1. The van der Waals surface area contributed by atoms with Crippen molar-refractivity contribution in [2.24, 2.45) is 5.92 Å². The normalized spacial score (nSPS) is 19.5. The molecule has 3 heteroatoms. The highest BCUT2D eigenvalue weighted by Crippen LogP contribution is 2.32. The van der Waals surface area contributed by atoms with Crippen molar-refractivity contribution >= 4 is 0 Å². The number of hydrogen-bond acceptors (Lipinski definition) is 2. The monoisotopic (exact) mass is 236 g/mol. The van der Waals surface area contributed by atoms with Gasteiger partial charge in [0.1, 0.15) is 5.82 Å². The summed E-state index contributed by atoms with van der Waals surface area (Å²) in [6.45, 7) is 2.19. The highest BCUT2D eigenvalue weighted by atomic mass is 19.1. The maximum Gasteiger partial charge on any atom is 0.123 e. The largest absolute Gasteiger partial charge is 0.317 e. The lowest BCUT2D eigenvalue weighted by Crippen LogP contribution is -2.35. The number of nitrogens with one attached hydrogen (secondary N) is 1. The summed E-state index contributed by atoms with van der Waals surface area (Å²) in [5.41, 5.74) is 1.23. The Morgan fingerprint density at radius 1 is 1.18 bits per heavy atom. The van der Waals surface area contributed by atoms with Gasteiger partial charge in [0, 0.05) is 6.04 Å². The van der Waals surface area contributed by atoms with Crippen LogP contribution >= 0.6 is 0 Å². The fourth-order valence-corrected chi connectivity index (χ4v) is 2.81. The van der Waals surface area contributed by atoms with E-state index in [1.165, 1.54) is 18.4 Å². The molecule has 1 aliphatic heterocycles. The second-order valence-corrected chi connectivity index (χ2v) is 5.05. The van der Waals surface area contributed by atoms with Crippen molar-refractivity contribution in [3.8, 4) is 0 Å². The van der Waals surface area contributed by atoms with Crippen molar-refractivity contribution in [3.05, 3.63) is 35.6 Å². The van der Waals surface area contributed by atoms with Crippen molar-refractivity contribution in [1.82, 2.24) is 10.2 Å². The first-order chi connectivity index (χ1) is 8.18. The molecule has 0 spiro atoms. The highest BCUT2D eigenvalue weighted by Gasteiger charge is 2.26. The Morgan fingerprint density at radius 3 is 2.29 bits per heavy atom. The Hall–Kier alpha value is -0.930. The SMILES string of the molecule is CN(C)C(c1ccc(F)cc1)C1CCNCC1. The molecule has 0 radical (unpaired) electrons. The molecule has 1 aromatic rings. The molecule has 0 bridgehead atoms. The zero-order valence-corrected chi connectivity index (χ0v) is 10.6. The van der Waals surface area contributed by atoms with Crippen LogP contribution < -0.4 is 5.32 Å². The summed E-state index contributed by atoms with van der Waals surface area (Å²) in [5, 5.41) is 3.39. The van der Waals surface area contributed by atoms with Crippen LogP contribution in [0.2, 0.25) is 0 Å². The number of nitrogens with zero attached hydrogens (tertiary/aromatic N) is 1. The van der Waals surface area contributed by atoms with Gasteiger partial charge in [-0.2, -0.15) is 0 Å². The van der Waals surface area contributed by atoms with Gasteiger partial charge in [0.25, 0.3) is 0 Å². The van der Waals surface area contributed by atoms with Crippen LogP contribution in [0.5, 0.6) is 0 Å². The summed E-state index contributed by atoms with van der Waals surface area (Å²) in [6.07, 6.45) is 2.39. The third-order valence-electron chi connectivity index (χ3n) is 3.60. The number of piperidine rings is 1. The summed E-state index contributed by atoms with van der Waals surface area (Å²) in [6, 6.07) is 7.36. The van der Waals surface area contributed by atoms with Crippen molar-refractivity contribution < 1.29 is 4.39 Å². The third-order valence-corrected chi connectivity index (χ3v) is 3.60. The van der Waals surface area contributed by atoms with Gasteiger partial charge in [-0.05, 0) is 63.6 Å². The fourth-order valence-electron chi connectivity index (χ4n) is 2.81. The Morgan fingerprint density at radius 2 is 1.76 bits per heavy atom. The lowest BCUT2D eigenvalue weighted by Gasteiger charge is -2.35. The summed E-state index contributed by atoms with van der Waals surface area (Å²) in [4.78, 5) is 2.25. The van der Waals surface area contributed by atoms with E-state index in [4.69, 9.17) is 0 Å². The van der Waals surface area contributed by atoms with E-state index < -0.39 is 0 Å². The van der Waals surface area contributed by atoms with Gasteiger partial charge in [0.15, 0.2) is 0 Å². The number of halogens is 1. The van der Waals surface area contributed by atoms with Crippen LogP contribution in [0.25, 0.3) is 0 Å². The minimum atomic E-state index is -0.156. The van der Waals surface area contributed by atoms with E-state index in [-0.39, 0.29) is 5.82 Å². The molecule has 1 saturated heterocycles. The zero-order chi connectivity index (χ0) is 12.3. The molecule has 1 heterocycles. The van der Waals surface area contributed by atoms with E-state index >= 15 is 0 Å². The van der Waals surface area contributed by atoms with Gasteiger partial charge in [-0.1, -0.05) is 12.1 Å². The molecule has 0 aliphatic carbocycles. The maximum absolute atomic E-state index is 13.0. The summed E-state index contributed by atoms with van der Waals surface area (Å²) in [7, 11) is 4.21. The summed E-state index contributed by atoms with van der Waals surface area (Å²) < 4.78 is 13.0. The molecule has 2 rings (SSSR count). The lowest BCUT2D eigenvalue weighted by atomic mass is 9.85. The van der Waals surface area contributed by atoms with Gasteiger partial charge in [-0.3, -0.25) is 0 Å². The molecule has 0 aromatic heterocycles. The Bertz CT molecular complexity index is 342. The van der Waals surface area contributed by atoms with Crippen LogP contribution in [-0.4, -0.2) is 32.1 Å². The fraction of sp³-hybridized carbons (Fsp3) is 0.571. The molecular weight excluding hydrogens is 215 g/mol. The second kappa shape index (κ2) is 5.61. The Kier molecular flexibility index (Phi) is 4.13. The molecule has 17 heavy (non-hydrogen) atoms. The van der Waals surface area contributed by atoms with Crippen LogP contribution in [0.1, 0.15) is 24.4 Å². The smallest absolute Gasteiger partial charge is 0.123 e. The molecule has 1 fully saturated rings. The predicted molar refractivity (Wildman–Crippen MR) is 68.4 cm³/mol. The van der Waals surface area contributed by atoms with Crippen LogP contribution in [-0.2, 0) is 0 Å². The van der Waals surface area contributed by atoms with Gasteiger partial charge in [-0.15, -0.1) is 0 Å². The first kappa shape index (κ1) is 12.5. The average molecular weight is 236 g/mol. The third kappa shape index (κ3) is 3.05. The molecule has 2 nitrogen and oxygen atoms in total. The molecular formula is C14H21FN2. The standard InChI is InChI=1S/C14H21FN2/c1-17(2)14(12-7-9-16-10-8-12)11-3-5-13(15)6-4-11/h3-6,12,14,16H,7-10H2,1-2H3. The van der Waals surface area contributed by atoms with Crippen LogP contribution in [0.4, 0.5) is 4.39 Å². The Labute approximate surface area is 103 Å². The van der Waals surface area contributed by atoms with Crippen LogP contribution in [0.15, 0.2) is 24.3 Å². The maximum atomic E-state index is 13.0. The first-order valence-electron chi connectivity index (χ1n) is 6.31. The molecule has 0 saturated carbocycles. The molecule has 94 valence electrons. The van der Waals surface area contributed by atoms with Gasteiger partial charge in [0.2, 0.25) is 0 Å². The van der Waals surface area contributed by atoms with E-state index in [1.807, 2.05) is 12.1 Å². The molecule has 0 amide bonds. The van der Waals surface area contributed by atoms with Crippen molar-refractivity contribution in [2.45, 2.75) is 18.9 Å². The Balaban J connectivity index is 2.18. The highest BCUT2D eigenvalue weighted by molar-refractivity contribution is 5.21. The van der Waals surface area contributed by atoms with Crippen molar-refractivity contribution in [1.29, 1.82) is 0 Å². The minimum Gasteiger partial charge on any atom is -0.317 e. The molecule has 1 atom stereocenters. The van der Waals surface area contributed by atoms with E-state index in [9.17, 15) is 4.39 Å². The average Bonchev–Trinajstić information content (AvgIpc) is 2.33. The number of rotatable bonds is 3. The van der Waals surface area contributed by atoms with Gasteiger partial charge in [-0.25, -0.2) is 4.39 Å². The molecule has 1 N–H and O–H groups in total. The van der Waals surface area contributed by atoms with Gasteiger partial charge in [0.05, 0.1) is 0 Å². The van der Waals surface area contributed by atoms with E-state index in [2.05, 4.69) is 24.3 Å². The first-order valence-corrected chi connectivity index (χ1v) is 6.31. The van der Waals surface area contributed by atoms with Gasteiger partial charge >= 0.3 is 0 Å². The number of benzene rings is 1. The van der Waals surface area contributed by atoms with Gasteiger partial charge < -0.3 is 10.2 Å². The van der Waals surface area contributed by atoms with Crippen molar-refractivity contribution in [2.75, 3.05) is 27.2 Å². The molecule has 1 aromatic carbocycles. The minimum absolute atomic E-state index is 0.156. The second-order valence-electron chi connectivity index (χ2n) is 5.05. The molecule has 1 aliphatic rings. The zero-order valence-electron chi connectivity index (χ0n) is 10.6. The van der Waals surface area contributed by atoms with E-state index in [0.717, 1.165) is 13.1 Å².